The monoisotopic (exact) mass is 974 g/mol. The summed E-state index contributed by atoms with van der Waals surface area (Å²) < 4.78 is 5.49. The lowest BCUT2D eigenvalue weighted by Gasteiger charge is -2.22. The first-order valence-electron chi connectivity index (χ1n) is 31.4. The van der Waals surface area contributed by atoms with Gasteiger partial charge >= 0.3 is 5.97 Å². The molecule has 6 nitrogen and oxygen atoms in total. The third kappa shape index (κ3) is 55.8. The Morgan fingerprint density at radius 1 is 0.391 bits per heavy atom. The Morgan fingerprint density at radius 2 is 0.681 bits per heavy atom. The molecule has 0 heterocycles. The van der Waals surface area contributed by atoms with Crippen LogP contribution in [-0.2, 0) is 14.3 Å². The Hall–Kier alpha value is -1.40. The van der Waals surface area contributed by atoms with Gasteiger partial charge in [-0.15, -0.1) is 0 Å². The molecule has 0 aliphatic heterocycles. The first-order valence-corrected chi connectivity index (χ1v) is 31.4. The van der Waals surface area contributed by atoms with E-state index in [0.717, 1.165) is 44.9 Å². The van der Waals surface area contributed by atoms with Gasteiger partial charge in [-0.1, -0.05) is 302 Å². The van der Waals surface area contributed by atoms with Gasteiger partial charge < -0.3 is 20.3 Å². The molecular formula is C63H123NO5. The average molecular weight is 975 g/mol. The molecule has 69 heavy (non-hydrogen) atoms. The van der Waals surface area contributed by atoms with E-state index in [4.69, 9.17) is 4.74 Å². The largest absolute Gasteiger partial charge is 0.466 e. The van der Waals surface area contributed by atoms with Crippen molar-refractivity contribution >= 4 is 11.9 Å². The molecule has 0 aliphatic rings. The van der Waals surface area contributed by atoms with E-state index in [2.05, 4.69) is 31.3 Å². The van der Waals surface area contributed by atoms with Crippen molar-refractivity contribution < 1.29 is 24.5 Å². The summed E-state index contributed by atoms with van der Waals surface area (Å²) in [5.41, 5.74) is 0. The summed E-state index contributed by atoms with van der Waals surface area (Å²) in [4.78, 5) is 24.6. The van der Waals surface area contributed by atoms with E-state index in [0.29, 0.717) is 25.9 Å². The number of carbonyl (C=O) groups excluding carboxylic acids is 2. The molecular weight excluding hydrogens is 851 g/mol. The molecule has 0 radical (unpaired) electrons. The highest BCUT2D eigenvalue weighted by Gasteiger charge is 2.20. The van der Waals surface area contributed by atoms with Crippen LogP contribution in [0.5, 0.6) is 0 Å². The number of esters is 1. The maximum absolute atomic E-state index is 12.5. The van der Waals surface area contributed by atoms with Gasteiger partial charge in [-0.25, -0.2) is 0 Å². The fraction of sp³-hybridized carbons (Fsp3) is 0.937. The van der Waals surface area contributed by atoms with Crippen molar-refractivity contribution in [3.05, 3.63) is 12.2 Å². The average Bonchev–Trinajstić information content (AvgIpc) is 3.35. The first-order chi connectivity index (χ1) is 34.0. The number of nitrogens with one attached hydrogen (secondary N) is 1. The fourth-order valence-corrected chi connectivity index (χ4v) is 9.99. The summed E-state index contributed by atoms with van der Waals surface area (Å²) >= 11 is 0. The summed E-state index contributed by atoms with van der Waals surface area (Å²) in [6.45, 7) is 4.96. The molecule has 0 aliphatic carbocycles. The van der Waals surface area contributed by atoms with Crippen molar-refractivity contribution in [2.75, 3.05) is 13.2 Å². The van der Waals surface area contributed by atoms with E-state index in [1.807, 2.05) is 0 Å². The lowest BCUT2D eigenvalue weighted by atomic mass is 10.0. The molecule has 410 valence electrons. The molecule has 0 bridgehead atoms. The van der Waals surface area contributed by atoms with Gasteiger partial charge in [0.2, 0.25) is 5.91 Å². The van der Waals surface area contributed by atoms with Crippen LogP contribution in [0.1, 0.15) is 354 Å². The molecule has 0 fully saturated rings. The van der Waals surface area contributed by atoms with Crippen molar-refractivity contribution in [1.82, 2.24) is 5.32 Å². The normalized spacial score (nSPS) is 12.6. The van der Waals surface area contributed by atoms with E-state index in [1.165, 1.54) is 276 Å². The molecule has 3 N–H and O–H groups in total. The van der Waals surface area contributed by atoms with Crippen LogP contribution in [0.2, 0.25) is 0 Å². The number of aliphatic hydroxyl groups excluding tert-OH is 2. The first kappa shape index (κ1) is 67.6. The minimum atomic E-state index is -0.670. The van der Waals surface area contributed by atoms with Crippen molar-refractivity contribution in [3.8, 4) is 0 Å². The molecule has 2 unspecified atom stereocenters. The Balaban J connectivity index is 3.42. The molecule has 0 saturated heterocycles. The van der Waals surface area contributed by atoms with Crippen LogP contribution in [0.15, 0.2) is 12.2 Å². The number of allylic oxidation sites excluding steroid dienone is 2. The second kappa shape index (κ2) is 59.2. The van der Waals surface area contributed by atoms with E-state index < -0.39 is 12.1 Å². The van der Waals surface area contributed by atoms with Gasteiger partial charge in [0.05, 0.1) is 25.4 Å². The lowest BCUT2D eigenvalue weighted by molar-refractivity contribution is -0.143. The van der Waals surface area contributed by atoms with E-state index in [-0.39, 0.29) is 18.5 Å². The molecule has 0 saturated carbocycles. The highest BCUT2D eigenvalue weighted by Crippen LogP contribution is 2.18. The molecule has 1 amide bonds. The smallest absolute Gasteiger partial charge is 0.305 e. The van der Waals surface area contributed by atoms with Crippen LogP contribution < -0.4 is 5.32 Å². The van der Waals surface area contributed by atoms with Gasteiger partial charge in [-0.2, -0.15) is 0 Å². The Kier molecular flexibility index (Phi) is 58.0. The molecule has 0 aromatic rings. The highest BCUT2D eigenvalue weighted by molar-refractivity contribution is 5.76. The van der Waals surface area contributed by atoms with Crippen molar-refractivity contribution in [3.63, 3.8) is 0 Å². The van der Waals surface area contributed by atoms with Crippen molar-refractivity contribution in [2.24, 2.45) is 0 Å². The number of ether oxygens (including phenoxy) is 1. The van der Waals surface area contributed by atoms with Crippen LogP contribution in [0.25, 0.3) is 0 Å². The topological polar surface area (TPSA) is 95.9 Å². The van der Waals surface area contributed by atoms with Crippen molar-refractivity contribution in [1.29, 1.82) is 0 Å². The quantitative estimate of drug-likeness (QED) is 0.0321. The van der Waals surface area contributed by atoms with Gasteiger partial charge in [-0.05, 0) is 51.4 Å². The number of amides is 1. The Morgan fingerprint density at radius 3 is 1.03 bits per heavy atom. The number of aliphatic hydroxyl groups is 2. The number of hydrogen-bond donors (Lipinski definition) is 3. The van der Waals surface area contributed by atoms with Crippen LogP contribution in [0.4, 0.5) is 0 Å². The number of rotatable bonds is 59. The predicted molar refractivity (Wildman–Crippen MR) is 301 cm³/mol. The second-order valence-electron chi connectivity index (χ2n) is 21.7. The van der Waals surface area contributed by atoms with Gasteiger partial charge in [0.1, 0.15) is 0 Å². The molecule has 0 aromatic carbocycles. The molecule has 0 spiro atoms. The van der Waals surface area contributed by atoms with Crippen LogP contribution in [0.3, 0.4) is 0 Å². The van der Waals surface area contributed by atoms with E-state index in [9.17, 15) is 19.8 Å². The zero-order valence-corrected chi connectivity index (χ0v) is 46.8. The van der Waals surface area contributed by atoms with E-state index in [1.54, 1.807) is 0 Å². The summed E-state index contributed by atoms with van der Waals surface area (Å²) in [6.07, 6.45) is 70.7. The Labute approximate surface area is 431 Å². The van der Waals surface area contributed by atoms with Crippen molar-refractivity contribution in [2.45, 2.75) is 366 Å². The van der Waals surface area contributed by atoms with Gasteiger partial charge in [0.25, 0.3) is 0 Å². The minimum Gasteiger partial charge on any atom is -0.466 e. The lowest BCUT2D eigenvalue weighted by Crippen LogP contribution is -2.45. The third-order valence-electron chi connectivity index (χ3n) is 14.8. The molecule has 0 aromatic heterocycles. The molecule has 6 heteroatoms. The summed E-state index contributed by atoms with van der Waals surface area (Å²) in [6, 6.07) is -0.548. The van der Waals surface area contributed by atoms with Gasteiger partial charge in [0, 0.05) is 12.8 Å². The number of unbranched alkanes of at least 4 members (excludes halogenated alkanes) is 46. The van der Waals surface area contributed by atoms with E-state index >= 15 is 0 Å². The number of carbonyl (C=O) groups is 2. The van der Waals surface area contributed by atoms with Crippen LogP contribution >= 0.6 is 0 Å². The summed E-state index contributed by atoms with van der Waals surface area (Å²) in [5.74, 6) is -0.0411. The zero-order chi connectivity index (χ0) is 50.0. The predicted octanol–water partition coefficient (Wildman–Crippen LogP) is 19.6. The van der Waals surface area contributed by atoms with Gasteiger partial charge in [-0.3, -0.25) is 9.59 Å². The maximum Gasteiger partial charge on any atom is 0.305 e. The maximum atomic E-state index is 12.5. The molecule has 0 rings (SSSR count). The zero-order valence-electron chi connectivity index (χ0n) is 46.8. The van der Waals surface area contributed by atoms with Crippen LogP contribution in [0, 0.1) is 0 Å². The standard InChI is InChI=1S/C63H123NO5/c1-3-5-7-9-11-13-15-17-19-21-22-23-25-27-31-35-39-43-47-51-55-61(66)60(59-65)64-62(67)56-52-48-44-40-36-32-28-26-30-34-38-42-46-50-54-58-69-63(68)57-53-49-45-41-37-33-29-24-20-18-16-14-12-10-8-6-4-2/h18,20,60-61,65-66H,3-17,19,21-59H2,1-2H3,(H,64,67)/b20-18-. The van der Waals surface area contributed by atoms with Gasteiger partial charge in [0.15, 0.2) is 0 Å². The van der Waals surface area contributed by atoms with Crippen LogP contribution in [-0.4, -0.2) is 47.4 Å². The molecule has 2 atom stereocenters. The second-order valence-corrected chi connectivity index (χ2v) is 21.7. The highest BCUT2D eigenvalue weighted by atomic mass is 16.5. The minimum absolute atomic E-state index is 0.00143. The fourth-order valence-electron chi connectivity index (χ4n) is 9.99. The summed E-state index contributed by atoms with van der Waals surface area (Å²) in [7, 11) is 0. The SMILES string of the molecule is CCCCCCCC/C=C\CCCCCCCCCC(=O)OCCCCCCCCCCCCCCCCCC(=O)NC(CO)C(O)CCCCCCCCCCCCCCCCCCCCCC. The number of hydrogen-bond acceptors (Lipinski definition) is 5. The Bertz CT molecular complexity index is 1030. The third-order valence-corrected chi connectivity index (χ3v) is 14.8. The summed E-state index contributed by atoms with van der Waals surface area (Å²) in [5, 5.41) is 23.4.